The van der Waals surface area contributed by atoms with E-state index in [2.05, 4.69) is 9.97 Å². The highest BCUT2D eigenvalue weighted by Gasteiger charge is 2.38. The topological polar surface area (TPSA) is 105 Å². The Balaban J connectivity index is 1.88. The van der Waals surface area contributed by atoms with Gasteiger partial charge in [0.05, 0.1) is 24.3 Å². The van der Waals surface area contributed by atoms with Crippen LogP contribution in [0.25, 0.3) is 0 Å². The monoisotopic (exact) mass is 279 g/mol. The van der Waals surface area contributed by atoms with Crippen molar-refractivity contribution in [2.24, 2.45) is 0 Å². The molecule has 106 valence electrons. The fraction of sp³-hybridized carbons (Fsp3) is 0.417. The van der Waals surface area contributed by atoms with Crippen LogP contribution in [-0.2, 0) is 32.0 Å². The van der Waals surface area contributed by atoms with Crippen LogP contribution >= 0.6 is 0 Å². The number of aromatic amines is 1. The Kier molecular flexibility index (Phi) is 3.05. The number of carboxylic acid groups (broad SMARTS) is 1. The van der Waals surface area contributed by atoms with Gasteiger partial charge >= 0.3 is 5.97 Å². The SMILES string of the molecule is O=C(O)C1Cc2nc[nH]c2CN1C(=O)C1=COCCO1. The summed E-state index contributed by atoms with van der Waals surface area (Å²) in [6, 6.07) is -0.954. The van der Waals surface area contributed by atoms with E-state index < -0.39 is 17.9 Å². The van der Waals surface area contributed by atoms with Crippen molar-refractivity contribution in [3.8, 4) is 0 Å². The summed E-state index contributed by atoms with van der Waals surface area (Å²) in [6.07, 6.45) is 2.90. The normalized spacial score (nSPS) is 21.3. The number of nitrogens with one attached hydrogen (secondary N) is 1. The number of rotatable bonds is 2. The van der Waals surface area contributed by atoms with Crippen LogP contribution in [0.5, 0.6) is 0 Å². The summed E-state index contributed by atoms with van der Waals surface area (Å²) in [5, 5.41) is 9.30. The molecule has 1 aromatic heterocycles. The van der Waals surface area contributed by atoms with Crippen LogP contribution in [0.2, 0.25) is 0 Å². The summed E-state index contributed by atoms with van der Waals surface area (Å²) in [4.78, 5) is 32.0. The first-order chi connectivity index (χ1) is 9.66. The Labute approximate surface area is 114 Å². The summed E-state index contributed by atoms with van der Waals surface area (Å²) >= 11 is 0. The predicted octanol–water partition coefficient (Wildman–Crippen LogP) is -0.364. The molecule has 1 aromatic rings. The highest BCUT2D eigenvalue weighted by Crippen LogP contribution is 2.23. The second kappa shape index (κ2) is 4.87. The number of nitrogens with zero attached hydrogens (tertiary/aromatic N) is 2. The van der Waals surface area contributed by atoms with Gasteiger partial charge in [0.2, 0.25) is 5.76 Å². The maximum Gasteiger partial charge on any atom is 0.326 e. The number of hydrogen-bond acceptors (Lipinski definition) is 5. The minimum absolute atomic E-state index is 0.0328. The fourth-order valence-electron chi connectivity index (χ4n) is 2.29. The number of carbonyl (C=O) groups excluding carboxylic acids is 1. The van der Waals surface area contributed by atoms with Gasteiger partial charge in [-0.2, -0.15) is 0 Å². The number of carboxylic acids is 1. The van der Waals surface area contributed by atoms with Crippen molar-refractivity contribution >= 4 is 11.9 Å². The average molecular weight is 279 g/mol. The molecule has 0 radical (unpaired) electrons. The number of imidazole rings is 1. The van der Waals surface area contributed by atoms with Crippen molar-refractivity contribution in [2.45, 2.75) is 19.0 Å². The predicted molar refractivity (Wildman–Crippen MR) is 64.3 cm³/mol. The molecule has 8 heteroatoms. The third kappa shape index (κ3) is 2.09. The number of hydrogen-bond donors (Lipinski definition) is 2. The lowest BCUT2D eigenvalue weighted by Gasteiger charge is -2.33. The van der Waals surface area contributed by atoms with E-state index in [0.717, 1.165) is 5.69 Å². The highest BCUT2D eigenvalue weighted by molar-refractivity contribution is 5.94. The molecule has 3 heterocycles. The summed E-state index contributed by atoms with van der Waals surface area (Å²) in [5.41, 5.74) is 1.42. The molecule has 2 aliphatic heterocycles. The van der Waals surface area contributed by atoms with E-state index in [0.29, 0.717) is 12.3 Å². The largest absolute Gasteiger partial charge is 0.494 e. The minimum atomic E-state index is -1.07. The van der Waals surface area contributed by atoms with Gasteiger partial charge in [-0.25, -0.2) is 9.78 Å². The van der Waals surface area contributed by atoms with Crippen LogP contribution in [0.1, 0.15) is 11.4 Å². The van der Waals surface area contributed by atoms with Gasteiger partial charge in [-0.3, -0.25) is 4.79 Å². The first kappa shape index (κ1) is 12.5. The maximum atomic E-state index is 12.4. The smallest absolute Gasteiger partial charge is 0.326 e. The molecule has 3 rings (SSSR count). The molecule has 0 aliphatic carbocycles. The van der Waals surface area contributed by atoms with E-state index in [9.17, 15) is 14.7 Å². The molecule has 20 heavy (non-hydrogen) atoms. The molecular weight excluding hydrogens is 266 g/mol. The van der Waals surface area contributed by atoms with Crippen molar-refractivity contribution in [1.29, 1.82) is 0 Å². The lowest BCUT2D eigenvalue weighted by molar-refractivity contribution is -0.151. The summed E-state index contributed by atoms with van der Waals surface area (Å²) in [6.45, 7) is 0.814. The molecule has 0 spiro atoms. The molecule has 0 saturated carbocycles. The van der Waals surface area contributed by atoms with Crippen molar-refractivity contribution in [3.05, 3.63) is 29.7 Å². The zero-order chi connectivity index (χ0) is 14.1. The lowest BCUT2D eigenvalue weighted by atomic mass is 10.0. The van der Waals surface area contributed by atoms with Crippen LogP contribution in [0.3, 0.4) is 0 Å². The number of fused-ring (bicyclic) bond motifs is 1. The van der Waals surface area contributed by atoms with Crippen LogP contribution in [0.4, 0.5) is 0 Å². The van der Waals surface area contributed by atoms with Crippen molar-refractivity contribution < 1.29 is 24.2 Å². The molecule has 1 unspecified atom stereocenters. The Morgan fingerprint density at radius 2 is 2.30 bits per heavy atom. The first-order valence-corrected chi connectivity index (χ1v) is 6.16. The van der Waals surface area contributed by atoms with Crippen LogP contribution in [-0.4, -0.2) is 51.1 Å². The molecule has 2 aliphatic rings. The van der Waals surface area contributed by atoms with Crippen molar-refractivity contribution in [1.82, 2.24) is 14.9 Å². The first-order valence-electron chi connectivity index (χ1n) is 6.16. The van der Waals surface area contributed by atoms with E-state index >= 15 is 0 Å². The lowest BCUT2D eigenvalue weighted by Crippen LogP contribution is -2.49. The second-order valence-corrected chi connectivity index (χ2v) is 4.52. The van der Waals surface area contributed by atoms with Gasteiger partial charge in [0.15, 0.2) is 0 Å². The Hall–Kier alpha value is -2.51. The molecule has 1 amide bonds. The van der Waals surface area contributed by atoms with Gasteiger partial charge in [-0.1, -0.05) is 0 Å². The van der Waals surface area contributed by atoms with Crippen molar-refractivity contribution in [3.63, 3.8) is 0 Å². The Morgan fingerprint density at radius 1 is 1.45 bits per heavy atom. The highest BCUT2D eigenvalue weighted by atomic mass is 16.6. The number of aliphatic carboxylic acids is 1. The molecule has 0 saturated heterocycles. The number of aromatic nitrogens is 2. The number of carbonyl (C=O) groups is 2. The second-order valence-electron chi connectivity index (χ2n) is 4.52. The Morgan fingerprint density at radius 3 is 3.00 bits per heavy atom. The van der Waals surface area contributed by atoms with E-state index in [1.54, 1.807) is 0 Å². The van der Waals surface area contributed by atoms with Gasteiger partial charge in [0, 0.05) is 6.42 Å². The maximum absolute atomic E-state index is 12.4. The summed E-state index contributed by atoms with van der Waals surface area (Å²) < 4.78 is 10.3. The molecule has 0 aromatic carbocycles. The van der Waals surface area contributed by atoms with E-state index in [1.807, 2.05) is 0 Å². The summed E-state index contributed by atoms with van der Waals surface area (Å²) in [5.74, 6) is -1.52. The molecule has 0 bridgehead atoms. The quantitative estimate of drug-likeness (QED) is 0.765. The van der Waals surface area contributed by atoms with E-state index in [1.165, 1.54) is 17.5 Å². The fourth-order valence-corrected chi connectivity index (χ4v) is 2.29. The molecule has 2 N–H and O–H groups in total. The van der Waals surface area contributed by atoms with E-state index in [4.69, 9.17) is 9.47 Å². The zero-order valence-electron chi connectivity index (χ0n) is 10.5. The molecule has 8 nitrogen and oxygen atoms in total. The molecular formula is C12H13N3O5. The standard InChI is InChI=1S/C12H13N3O5/c16-11(10-5-19-1-2-20-10)15-4-8-7(13-6-14-8)3-9(15)12(17)18/h5-6,9H,1-4H2,(H,13,14)(H,17,18). The van der Waals surface area contributed by atoms with Crippen molar-refractivity contribution in [2.75, 3.05) is 13.2 Å². The van der Waals surface area contributed by atoms with E-state index in [-0.39, 0.29) is 25.3 Å². The molecule has 0 fully saturated rings. The van der Waals surface area contributed by atoms with Gasteiger partial charge in [-0.15, -0.1) is 0 Å². The summed E-state index contributed by atoms with van der Waals surface area (Å²) in [7, 11) is 0. The van der Waals surface area contributed by atoms with Gasteiger partial charge in [-0.05, 0) is 0 Å². The van der Waals surface area contributed by atoms with Gasteiger partial charge in [0.25, 0.3) is 5.91 Å². The third-order valence-electron chi connectivity index (χ3n) is 3.30. The Bertz CT molecular complexity index is 579. The van der Waals surface area contributed by atoms with Gasteiger partial charge in [0.1, 0.15) is 25.5 Å². The number of amides is 1. The van der Waals surface area contributed by atoms with Crippen LogP contribution < -0.4 is 0 Å². The van der Waals surface area contributed by atoms with Gasteiger partial charge < -0.3 is 24.5 Å². The van der Waals surface area contributed by atoms with Crippen LogP contribution in [0, 0.1) is 0 Å². The average Bonchev–Trinajstić information content (AvgIpc) is 2.93. The number of ether oxygens (including phenoxy) is 2. The minimum Gasteiger partial charge on any atom is -0.494 e. The third-order valence-corrected chi connectivity index (χ3v) is 3.30. The van der Waals surface area contributed by atoms with Crippen LogP contribution in [0.15, 0.2) is 18.3 Å². The zero-order valence-corrected chi connectivity index (χ0v) is 10.5. The molecule has 1 atom stereocenters. The number of H-pyrrole nitrogens is 1.